The third-order valence-electron chi connectivity index (χ3n) is 2.08. The summed E-state index contributed by atoms with van der Waals surface area (Å²) >= 11 is 3.39. The van der Waals surface area contributed by atoms with Crippen molar-refractivity contribution in [3.05, 3.63) is 34.3 Å². The molecule has 0 aliphatic rings. The van der Waals surface area contributed by atoms with E-state index in [0.717, 1.165) is 10.0 Å². The Kier molecular flexibility index (Phi) is 4.57. The summed E-state index contributed by atoms with van der Waals surface area (Å²) in [6.07, 6.45) is -0.667. The van der Waals surface area contributed by atoms with Crippen molar-refractivity contribution in [1.29, 1.82) is 0 Å². The summed E-state index contributed by atoms with van der Waals surface area (Å²) in [6, 6.07) is 7.72. The topological polar surface area (TPSA) is 38.3 Å². The van der Waals surface area contributed by atoms with Gasteiger partial charge in [-0.3, -0.25) is 0 Å². The molecular weight excluding hydrogens is 282 g/mol. The van der Waals surface area contributed by atoms with Gasteiger partial charge in [0.25, 0.3) is 0 Å². The number of nitrogens with one attached hydrogen (secondary N) is 1. The molecule has 0 saturated heterocycles. The van der Waals surface area contributed by atoms with Gasteiger partial charge in [0.15, 0.2) is 0 Å². The molecule has 0 aliphatic carbocycles. The highest BCUT2D eigenvalue weighted by molar-refractivity contribution is 9.10. The molecule has 1 aromatic carbocycles. The lowest BCUT2D eigenvalue weighted by Gasteiger charge is -2.22. The molecular formula is C13H18BrNO2. The first kappa shape index (κ1) is 14.0. The summed E-state index contributed by atoms with van der Waals surface area (Å²) in [5.41, 5.74) is 0.678. The molecule has 0 saturated carbocycles. The normalized spacial score (nSPS) is 13.0. The van der Waals surface area contributed by atoms with E-state index in [1.54, 1.807) is 0 Å². The van der Waals surface area contributed by atoms with Crippen molar-refractivity contribution in [2.24, 2.45) is 0 Å². The predicted octanol–water partition coefficient (Wildman–Crippen LogP) is 4.03. The van der Waals surface area contributed by atoms with E-state index in [2.05, 4.69) is 21.2 Å². The van der Waals surface area contributed by atoms with Gasteiger partial charge in [-0.25, -0.2) is 4.79 Å². The van der Waals surface area contributed by atoms with E-state index >= 15 is 0 Å². The van der Waals surface area contributed by atoms with Crippen LogP contribution in [-0.4, -0.2) is 11.6 Å². The number of benzene rings is 1. The van der Waals surface area contributed by atoms with Gasteiger partial charge < -0.3 is 10.1 Å². The van der Waals surface area contributed by atoms with Crippen LogP contribution < -0.4 is 5.32 Å². The number of ether oxygens (including phenoxy) is 1. The Bertz CT molecular complexity index is 399. The molecule has 1 aromatic rings. The molecule has 0 radical (unpaired) electrons. The van der Waals surface area contributed by atoms with Gasteiger partial charge in [0.1, 0.15) is 6.10 Å². The number of halogens is 1. The molecule has 0 aromatic heterocycles. The zero-order chi connectivity index (χ0) is 13.1. The van der Waals surface area contributed by atoms with Gasteiger partial charge in [-0.15, -0.1) is 0 Å². The van der Waals surface area contributed by atoms with E-state index in [0.29, 0.717) is 0 Å². The van der Waals surface area contributed by atoms with Gasteiger partial charge >= 0.3 is 6.09 Å². The molecule has 1 rings (SSSR count). The number of carbonyl (C=O) groups is 1. The van der Waals surface area contributed by atoms with E-state index in [-0.39, 0.29) is 11.6 Å². The largest absolute Gasteiger partial charge is 0.442 e. The Morgan fingerprint density at radius 1 is 1.41 bits per heavy atom. The second-order valence-electron chi connectivity index (χ2n) is 4.98. The van der Waals surface area contributed by atoms with Crippen molar-refractivity contribution >= 4 is 22.0 Å². The molecule has 0 unspecified atom stereocenters. The van der Waals surface area contributed by atoms with Crippen molar-refractivity contribution in [3.63, 3.8) is 0 Å². The van der Waals surface area contributed by atoms with Crippen molar-refractivity contribution < 1.29 is 9.53 Å². The summed E-state index contributed by atoms with van der Waals surface area (Å²) in [7, 11) is 0. The second kappa shape index (κ2) is 5.54. The monoisotopic (exact) mass is 299 g/mol. The summed E-state index contributed by atoms with van der Waals surface area (Å²) < 4.78 is 6.27. The van der Waals surface area contributed by atoms with Crippen LogP contribution in [0, 0.1) is 0 Å². The van der Waals surface area contributed by atoms with Crippen molar-refractivity contribution in [2.45, 2.75) is 39.3 Å². The maximum Gasteiger partial charge on any atom is 0.408 e. The van der Waals surface area contributed by atoms with Crippen molar-refractivity contribution in [1.82, 2.24) is 5.32 Å². The van der Waals surface area contributed by atoms with Gasteiger partial charge in [-0.05, 0) is 45.4 Å². The lowest BCUT2D eigenvalue weighted by Crippen LogP contribution is -2.41. The Morgan fingerprint density at radius 3 is 2.59 bits per heavy atom. The van der Waals surface area contributed by atoms with Crippen molar-refractivity contribution in [3.8, 4) is 0 Å². The van der Waals surface area contributed by atoms with Crippen LogP contribution in [0.25, 0.3) is 0 Å². The molecule has 1 amide bonds. The Labute approximate surface area is 111 Å². The van der Waals surface area contributed by atoms with Gasteiger partial charge in [0.05, 0.1) is 0 Å². The highest BCUT2D eigenvalue weighted by atomic mass is 79.9. The van der Waals surface area contributed by atoms with E-state index in [1.807, 2.05) is 52.0 Å². The fourth-order valence-electron chi connectivity index (χ4n) is 1.32. The number of hydrogen-bond donors (Lipinski definition) is 1. The van der Waals surface area contributed by atoms with E-state index in [4.69, 9.17) is 4.74 Å². The molecule has 0 fully saturated rings. The number of carbonyl (C=O) groups excluding carboxylic acids is 1. The molecule has 17 heavy (non-hydrogen) atoms. The molecule has 1 atom stereocenters. The van der Waals surface area contributed by atoms with Gasteiger partial charge in [-0.2, -0.15) is 0 Å². The third-order valence-corrected chi connectivity index (χ3v) is 2.57. The molecule has 1 N–H and O–H groups in total. The SMILES string of the molecule is C[C@H](OC(=O)NC(C)(C)C)c1cccc(Br)c1. The lowest BCUT2D eigenvalue weighted by molar-refractivity contribution is 0.100. The van der Waals surface area contributed by atoms with Crippen molar-refractivity contribution in [2.75, 3.05) is 0 Å². The van der Waals surface area contributed by atoms with Gasteiger partial charge in [0.2, 0.25) is 0 Å². The molecule has 0 aliphatic heterocycles. The summed E-state index contributed by atoms with van der Waals surface area (Å²) in [6.45, 7) is 7.60. The molecule has 94 valence electrons. The summed E-state index contributed by atoms with van der Waals surface area (Å²) in [5, 5.41) is 2.76. The standard InChI is InChI=1S/C13H18BrNO2/c1-9(10-6-5-7-11(14)8-10)17-12(16)15-13(2,3)4/h5-9H,1-4H3,(H,15,16)/t9-/m0/s1. The maximum atomic E-state index is 11.6. The minimum absolute atomic E-state index is 0.269. The predicted molar refractivity (Wildman–Crippen MR) is 71.9 cm³/mol. The molecule has 0 heterocycles. The Balaban J connectivity index is 2.61. The zero-order valence-electron chi connectivity index (χ0n) is 10.6. The van der Waals surface area contributed by atoms with E-state index in [9.17, 15) is 4.79 Å². The smallest absolute Gasteiger partial charge is 0.408 e. The molecule has 4 heteroatoms. The van der Waals surface area contributed by atoms with Crippen LogP contribution in [0.1, 0.15) is 39.4 Å². The quantitative estimate of drug-likeness (QED) is 0.895. The lowest BCUT2D eigenvalue weighted by atomic mass is 10.1. The van der Waals surface area contributed by atoms with Crippen LogP contribution in [0.3, 0.4) is 0 Å². The first-order valence-corrected chi connectivity index (χ1v) is 6.31. The van der Waals surface area contributed by atoms with E-state index in [1.165, 1.54) is 0 Å². The Hall–Kier alpha value is -1.03. The van der Waals surface area contributed by atoms with Crippen LogP contribution in [0.5, 0.6) is 0 Å². The maximum absolute atomic E-state index is 11.6. The first-order chi connectivity index (χ1) is 7.78. The highest BCUT2D eigenvalue weighted by Crippen LogP contribution is 2.20. The van der Waals surface area contributed by atoms with E-state index < -0.39 is 6.09 Å². The van der Waals surface area contributed by atoms with Crippen LogP contribution in [-0.2, 0) is 4.74 Å². The van der Waals surface area contributed by atoms with Crippen LogP contribution in [0.15, 0.2) is 28.7 Å². The van der Waals surface area contributed by atoms with Gasteiger partial charge in [0, 0.05) is 10.0 Å². The fourth-order valence-corrected chi connectivity index (χ4v) is 1.74. The fraction of sp³-hybridized carbons (Fsp3) is 0.462. The average Bonchev–Trinajstić information content (AvgIpc) is 2.14. The van der Waals surface area contributed by atoms with Crippen LogP contribution in [0.2, 0.25) is 0 Å². The van der Waals surface area contributed by atoms with Crippen LogP contribution >= 0.6 is 15.9 Å². The molecule has 0 bridgehead atoms. The summed E-state index contributed by atoms with van der Waals surface area (Å²) in [4.78, 5) is 11.6. The number of hydrogen-bond acceptors (Lipinski definition) is 2. The average molecular weight is 300 g/mol. The zero-order valence-corrected chi connectivity index (χ0v) is 12.2. The molecule has 0 spiro atoms. The minimum Gasteiger partial charge on any atom is -0.442 e. The Morgan fingerprint density at radius 2 is 2.06 bits per heavy atom. The van der Waals surface area contributed by atoms with Crippen LogP contribution in [0.4, 0.5) is 4.79 Å². The first-order valence-electron chi connectivity index (χ1n) is 5.52. The third kappa shape index (κ3) is 5.22. The number of amides is 1. The minimum atomic E-state index is -0.398. The van der Waals surface area contributed by atoms with Gasteiger partial charge in [-0.1, -0.05) is 28.1 Å². The molecule has 3 nitrogen and oxygen atoms in total. The second-order valence-corrected chi connectivity index (χ2v) is 5.89. The number of rotatable bonds is 2. The number of alkyl carbamates (subject to hydrolysis) is 1. The summed E-state index contributed by atoms with van der Waals surface area (Å²) in [5.74, 6) is 0. The highest BCUT2D eigenvalue weighted by Gasteiger charge is 2.17.